The van der Waals surface area contributed by atoms with Crippen molar-refractivity contribution in [1.82, 2.24) is 0 Å². The first-order valence-electron chi connectivity index (χ1n) is 13.6. The third-order valence-electron chi connectivity index (χ3n) is 9.31. The van der Waals surface area contributed by atoms with E-state index in [9.17, 15) is 9.67 Å². The maximum atomic E-state index is 14.1. The van der Waals surface area contributed by atoms with Gasteiger partial charge < -0.3 is 14.2 Å². The predicted octanol–water partition coefficient (Wildman–Crippen LogP) is 7.89. The van der Waals surface area contributed by atoms with Crippen LogP contribution in [0, 0.1) is 17.3 Å². The minimum atomic E-state index is -3.88. The zero-order chi connectivity index (χ0) is 25.4. The third kappa shape index (κ3) is 4.64. The summed E-state index contributed by atoms with van der Waals surface area (Å²) >= 11 is 1.43. The fourth-order valence-corrected chi connectivity index (χ4v) is 10.7. The summed E-state index contributed by atoms with van der Waals surface area (Å²) < 4.78 is 25.9. The van der Waals surface area contributed by atoms with Gasteiger partial charge in [0.1, 0.15) is 0 Å². The van der Waals surface area contributed by atoms with Gasteiger partial charge >= 0.3 is 7.60 Å². The quantitative estimate of drug-likeness (QED) is 0.336. The van der Waals surface area contributed by atoms with Gasteiger partial charge in [0.05, 0.1) is 13.2 Å². The van der Waals surface area contributed by atoms with Gasteiger partial charge in [-0.1, -0.05) is 61.9 Å². The number of hydrogen-bond donors (Lipinski definition) is 1. The largest absolute Gasteiger partial charge is 0.373 e. The molecule has 0 spiro atoms. The molecule has 6 atom stereocenters. The topological polar surface area (TPSA) is 55.8 Å². The van der Waals surface area contributed by atoms with Crippen molar-refractivity contribution in [3.05, 3.63) is 70.8 Å². The zero-order valence-electron chi connectivity index (χ0n) is 21.9. The van der Waals surface area contributed by atoms with Gasteiger partial charge in [-0.25, -0.2) is 0 Å². The lowest BCUT2D eigenvalue weighted by Crippen LogP contribution is -2.39. The lowest BCUT2D eigenvalue weighted by Gasteiger charge is -2.49. The molecule has 0 unspecified atom stereocenters. The number of fused-ring (bicyclic) bond motifs is 5. The van der Waals surface area contributed by atoms with E-state index in [1.165, 1.54) is 61.4 Å². The second kappa shape index (κ2) is 10.6. The van der Waals surface area contributed by atoms with E-state index < -0.39 is 12.9 Å². The molecule has 2 aromatic rings. The number of benzene rings is 2. The van der Waals surface area contributed by atoms with Crippen LogP contribution in [0.4, 0.5) is 0 Å². The van der Waals surface area contributed by atoms with Crippen LogP contribution >= 0.6 is 19.4 Å². The summed E-state index contributed by atoms with van der Waals surface area (Å²) in [4.78, 5) is 0. The minimum Gasteiger partial charge on any atom is -0.373 e. The van der Waals surface area contributed by atoms with Gasteiger partial charge in [-0.2, -0.15) is 11.8 Å². The van der Waals surface area contributed by atoms with E-state index in [1.54, 1.807) is 19.1 Å². The summed E-state index contributed by atoms with van der Waals surface area (Å²) in [5.41, 5.74) is 5.07. The van der Waals surface area contributed by atoms with E-state index in [4.69, 9.17) is 9.05 Å². The summed E-state index contributed by atoms with van der Waals surface area (Å²) in [5, 5.41) is 9.99. The summed E-state index contributed by atoms with van der Waals surface area (Å²) in [7, 11) is -3.88. The van der Waals surface area contributed by atoms with Gasteiger partial charge in [-0.3, -0.25) is 4.57 Å². The Kier molecular flexibility index (Phi) is 7.79. The van der Waals surface area contributed by atoms with E-state index in [-0.39, 0.29) is 19.0 Å². The van der Waals surface area contributed by atoms with Crippen molar-refractivity contribution in [2.24, 2.45) is 17.3 Å². The van der Waals surface area contributed by atoms with Crippen molar-refractivity contribution in [1.29, 1.82) is 0 Å². The Labute approximate surface area is 221 Å². The Morgan fingerprint density at radius 3 is 2.67 bits per heavy atom. The van der Waals surface area contributed by atoms with E-state index in [0.717, 1.165) is 23.8 Å². The monoisotopic (exact) mass is 528 g/mol. The van der Waals surface area contributed by atoms with E-state index in [2.05, 4.69) is 25.1 Å². The smallest absolute Gasteiger partial charge is 0.367 e. The highest BCUT2D eigenvalue weighted by molar-refractivity contribution is 7.98. The van der Waals surface area contributed by atoms with Crippen LogP contribution in [0.1, 0.15) is 80.5 Å². The highest BCUT2D eigenvalue weighted by Crippen LogP contribution is 2.65. The van der Waals surface area contributed by atoms with Crippen LogP contribution in [-0.2, 0) is 32.0 Å². The van der Waals surface area contributed by atoms with Crippen molar-refractivity contribution < 1.29 is 18.7 Å². The molecule has 196 valence electrons. The summed E-state index contributed by atoms with van der Waals surface area (Å²) in [6, 6.07) is 15.8. The molecule has 3 aliphatic carbocycles. The molecule has 2 saturated carbocycles. The number of thioether (sulfide) groups is 1. The molecule has 5 rings (SSSR count). The second-order valence-electron chi connectivity index (χ2n) is 11.3. The summed E-state index contributed by atoms with van der Waals surface area (Å²) in [6.07, 6.45) is 11.2. The molecule has 0 heterocycles. The van der Waals surface area contributed by atoms with Crippen molar-refractivity contribution in [3.63, 3.8) is 0 Å². The van der Waals surface area contributed by atoms with Crippen LogP contribution in [0.25, 0.3) is 0 Å². The Balaban J connectivity index is 1.36. The highest BCUT2D eigenvalue weighted by atomic mass is 32.2. The van der Waals surface area contributed by atoms with Gasteiger partial charge in [0.2, 0.25) is 5.34 Å². The molecule has 0 aromatic heterocycles. The first kappa shape index (κ1) is 26.5. The van der Waals surface area contributed by atoms with Crippen molar-refractivity contribution in [3.8, 4) is 0 Å². The second-order valence-corrected chi connectivity index (χ2v) is 14.5. The fraction of sp³-hybridized carbons (Fsp3) is 0.600. The number of aryl methyl sites for hydroxylation is 1. The lowest BCUT2D eigenvalue weighted by molar-refractivity contribution is 0.0598. The first-order valence-corrected chi connectivity index (χ1v) is 16.5. The Bertz CT molecular complexity index is 1110. The van der Waals surface area contributed by atoms with Crippen LogP contribution in [0.3, 0.4) is 0 Å². The van der Waals surface area contributed by atoms with Gasteiger partial charge in [0.15, 0.2) is 0 Å². The molecule has 1 N–H and O–H groups in total. The van der Waals surface area contributed by atoms with E-state index in [0.29, 0.717) is 16.9 Å². The molecular formula is C30H41O4PS. The molecule has 0 saturated heterocycles. The minimum absolute atomic E-state index is 0.156. The molecule has 0 bridgehead atoms. The molecule has 3 aliphatic rings. The molecular weight excluding hydrogens is 487 g/mol. The average molecular weight is 529 g/mol. The van der Waals surface area contributed by atoms with Crippen LogP contribution in [0.5, 0.6) is 0 Å². The number of hydrogen-bond acceptors (Lipinski definition) is 5. The summed E-state index contributed by atoms with van der Waals surface area (Å²) in [5.74, 6) is 2.61. The molecule has 0 aliphatic heterocycles. The Hall–Kier alpha value is -1.10. The number of rotatable bonds is 9. The highest BCUT2D eigenvalue weighted by Gasteiger charge is 2.52. The molecule has 36 heavy (non-hydrogen) atoms. The first-order chi connectivity index (χ1) is 17.3. The maximum absolute atomic E-state index is 14.1. The van der Waals surface area contributed by atoms with Gasteiger partial charge in [-0.05, 0) is 97.1 Å². The molecule has 2 fully saturated rings. The van der Waals surface area contributed by atoms with Crippen LogP contribution in [-0.4, -0.2) is 23.7 Å². The SMILES string of the molecule is CCO[P@@](=O)(OCc1ccc2c(c1)CC[C@@H]1[C@@H]2CC[C@]2(C)CCC[C@@H]12)[C@@](O)(CSC)c1ccccc1. The van der Waals surface area contributed by atoms with Crippen molar-refractivity contribution in [2.45, 2.75) is 76.7 Å². The van der Waals surface area contributed by atoms with Crippen LogP contribution < -0.4 is 0 Å². The van der Waals surface area contributed by atoms with Crippen LogP contribution in [0.2, 0.25) is 0 Å². The Morgan fingerprint density at radius 1 is 1.11 bits per heavy atom. The molecule has 2 aromatic carbocycles. The van der Waals surface area contributed by atoms with Crippen molar-refractivity contribution >= 4 is 19.4 Å². The fourth-order valence-electron chi connectivity index (χ4n) is 7.53. The summed E-state index contributed by atoms with van der Waals surface area (Å²) in [6.45, 7) is 4.69. The lowest BCUT2D eigenvalue weighted by atomic mass is 9.56. The van der Waals surface area contributed by atoms with E-state index in [1.807, 2.05) is 24.5 Å². The number of aliphatic hydroxyl groups is 1. The zero-order valence-corrected chi connectivity index (χ0v) is 23.7. The van der Waals surface area contributed by atoms with E-state index >= 15 is 0 Å². The molecule has 0 radical (unpaired) electrons. The maximum Gasteiger partial charge on any atom is 0.367 e. The average Bonchev–Trinajstić information content (AvgIpc) is 3.30. The predicted molar refractivity (Wildman–Crippen MR) is 148 cm³/mol. The third-order valence-corrected chi connectivity index (χ3v) is 12.6. The van der Waals surface area contributed by atoms with Gasteiger partial charge in [-0.15, -0.1) is 0 Å². The standard InChI is InChI=1S/C30H41O4PS/c1-4-33-35(32,30(31,21-36-3)24-9-6-5-7-10-24)34-20-22-12-14-25-23(19-22)13-15-27-26(25)16-18-29(2)17-8-11-28(27)29/h5-7,9-10,12,14,19,26-28,31H,4,8,11,13,15-18,20-21H2,1-3H3/t26-,27-,28+,29+,30+,35-/m1/s1. The molecule has 4 nitrogen and oxygen atoms in total. The normalized spacial score (nSPS) is 30.5. The van der Waals surface area contributed by atoms with Crippen molar-refractivity contribution in [2.75, 3.05) is 18.6 Å². The van der Waals surface area contributed by atoms with Crippen LogP contribution in [0.15, 0.2) is 48.5 Å². The Morgan fingerprint density at radius 2 is 1.92 bits per heavy atom. The van der Waals surface area contributed by atoms with Gasteiger partial charge in [0, 0.05) is 5.75 Å². The molecule has 0 amide bonds. The molecule has 6 heteroatoms. The van der Waals surface area contributed by atoms with Gasteiger partial charge in [0.25, 0.3) is 0 Å².